The number of carbonyl (C=O) groups is 2. The van der Waals surface area contributed by atoms with E-state index in [1.165, 1.54) is 12.2 Å². The zero-order valence-electron chi connectivity index (χ0n) is 7.77. The molecule has 0 aromatic rings. The highest BCUT2D eigenvalue weighted by Crippen LogP contribution is 2.13. The van der Waals surface area contributed by atoms with Crippen molar-refractivity contribution in [2.45, 2.75) is 25.9 Å². The molecule has 0 spiro atoms. The van der Waals surface area contributed by atoms with Crippen LogP contribution in [-0.2, 0) is 14.4 Å². The predicted molar refractivity (Wildman–Crippen MR) is 46.4 cm³/mol. The normalized spacial score (nSPS) is 19.0. The number of nitriles is 1. The number of hydroxylamine groups is 2. The van der Waals surface area contributed by atoms with Crippen molar-refractivity contribution in [2.24, 2.45) is 0 Å². The van der Waals surface area contributed by atoms with Gasteiger partial charge in [-0.15, -0.1) is 0 Å². The molecule has 0 unspecified atom stereocenters. The van der Waals surface area contributed by atoms with Gasteiger partial charge in [-0.2, -0.15) is 10.3 Å². The number of hydrogen-bond acceptors (Lipinski definition) is 4. The van der Waals surface area contributed by atoms with Gasteiger partial charge in [0.25, 0.3) is 11.8 Å². The number of allylic oxidation sites excluding steroid dienone is 1. The van der Waals surface area contributed by atoms with Crippen LogP contribution < -0.4 is 0 Å². The van der Waals surface area contributed by atoms with Crippen molar-refractivity contribution in [3.8, 4) is 6.07 Å². The summed E-state index contributed by atoms with van der Waals surface area (Å²) in [5, 5.41) is 9.01. The largest absolute Gasteiger partial charge is 0.272 e. The highest BCUT2D eigenvalue weighted by molar-refractivity contribution is 6.00. The average molecular weight is 194 g/mol. The van der Waals surface area contributed by atoms with Gasteiger partial charge in [0.15, 0.2) is 0 Å². The molecule has 1 rings (SSSR count). The summed E-state index contributed by atoms with van der Waals surface area (Å²) < 4.78 is 0. The zero-order valence-corrected chi connectivity index (χ0v) is 7.77. The lowest BCUT2D eigenvalue weighted by molar-refractivity contribution is -0.194. The molecule has 74 valence electrons. The van der Waals surface area contributed by atoms with Gasteiger partial charge in [0, 0.05) is 18.9 Å². The highest BCUT2D eigenvalue weighted by atomic mass is 16.7. The van der Waals surface area contributed by atoms with Gasteiger partial charge in [-0.1, -0.05) is 0 Å². The molecule has 0 aromatic heterocycles. The van der Waals surface area contributed by atoms with Crippen LogP contribution in [0.1, 0.15) is 19.8 Å². The fourth-order valence-electron chi connectivity index (χ4n) is 1.05. The lowest BCUT2D eigenvalue weighted by Gasteiger charge is -2.16. The molecule has 0 bridgehead atoms. The van der Waals surface area contributed by atoms with Crippen LogP contribution in [0.15, 0.2) is 12.2 Å². The minimum atomic E-state index is -0.458. The molecule has 0 aromatic carbocycles. The number of carbonyl (C=O) groups excluding carboxylic acids is 2. The van der Waals surface area contributed by atoms with Crippen LogP contribution in [-0.4, -0.2) is 23.0 Å². The van der Waals surface area contributed by atoms with Crippen LogP contribution >= 0.6 is 0 Å². The molecule has 0 saturated carbocycles. The molecule has 14 heavy (non-hydrogen) atoms. The van der Waals surface area contributed by atoms with Gasteiger partial charge in [0.2, 0.25) is 0 Å². The van der Waals surface area contributed by atoms with Gasteiger partial charge >= 0.3 is 0 Å². The van der Waals surface area contributed by atoms with Gasteiger partial charge in [0.05, 0.1) is 6.07 Å². The minimum Gasteiger partial charge on any atom is -0.272 e. The summed E-state index contributed by atoms with van der Waals surface area (Å²) in [7, 11) is 0. The van der Waals surface area contributed by atoms with E-state index in [1.807, 2.05) is 0 Å². The van der Waals surface area contributed by atoms with Gasteiger partial charge in [0.1, 0.15) is 6.10 Å². The Morgan fingerprint density at radius 2 is 2.07 bits per heavy atom. The monoisotopic (exact) mass is 194 g/mol. The summed E-state index contributed by atoms with van der Waals surface area (Å²) in [6.45, 7) is 1.65. The van der Waals surface area contributed by atoms with Crippen molar-refractivity contribution >= 4 is 11.8 Å². The van der Waals surface area contributed by atoms with E-state index in [2.05, 4.69) is 0 Å². The molecular weight excluding hydrogens is 184 g/mol. The number of nitrogens with zero attached hydrogens (tertiary/aromatic N) is 2. The Labute approximate surface area is 81.5 Å². The first-order valence-electron chi connectivity index (χ1n) is 4.24. The van der Waals surface area contributed by atoms with Crippen molar-refractivity contribution in [1.29, 1.82) is 5.26 Å². The molecule has 1 aliphatic rings. The second kappa shape index (κ2) is 4.53. The van der Waals surface area contributed by atoms with Crippen molar-refractivity contribution in [3.63, 3.8) is 0 Å². The Morgan fingerprint density at radius 1 is 1.50 bits per heavy atom. The molecule has 1 saturated heterocycles. The van der Waals surface area contributed by atoms with E-state index in [0.717, 1.165) is 5.06 Å². The summed E-state index contributed by atoms with van der Waals surface area (Å²) in [4.78, 5) is 27.2. The van der Waals surface area contributed by atoms with Gasteiger partial charge in [-0.3, -0.25) is 14.4 Å². The first-order chi connectivity index (χ1) is 6.65. The summed E-state index contributed by atoms with van der Waals surface area (Å²) in [6, 6.07) is 1.80. The average Bonchev–Trinajstić information content (AvgIpc) is 2.46. The SMILES string of the molecule is C[C@H](/C=C/C#N)ON1C(=O)CCC1=O. The fraction of sp³-hybridized carbons (Fsp3) is 0.444. The summed E-state index contributed by atoms with van der Waals surface area (Å²) >= 11 is 0. The van der Waals surface area contributed by atoms with E-state index in [0.29, 0.717) is 0 Å². The number of imide groups is 1. The Kier molecular flexibility index (Phi) is 3.37. The molecule has 0 aliphatic carbocycles. The first kappa shape index (κ1) is 10.4. The molecule has 1 heterocycles. The Morgan fingerprint density at radius 3 is 2.57 bits per heavy atom. The lowest BCUT2D eigenvalue weighted by atomic mass is 10.4. The maximum Gasteiger partial charge on any atom is 0.254 e. The third-order valence-corrected chi connectivity index (χ3v) is 1.72. The molecule has 1 atom stereocenters. The van der Waals surface area contributed by atoms with Crippen LogP contribution in [0.5, 0.6) is 0 Å². The maximum absolute atomic E-state index is 11.1. The van der Waals surface area contributed by atoms with Crippen molar-refractivity contribution in [3.05, 3.63) is 12.2 Å². The smallest absolute Gasteiger partial charge is 0.254 e. The molecule has 0 N–H and O–H groups in total. The van der Waals surface area contributed by atoms with Crippen LogP contribution in [0.2, 0.25) is 0 Å². The first-order valence-corrected chi connectivity index (χ1v) is 4.24. The van der Waals surface area contributed by atoms with E-state index in [-0.39, 0.29) is 24.7 Å². The summed E-state index contributed by atoms with van der Waals surface area (Å²) in [5.74, 6) is -0.653. The third kappa shape index (κ3) is 2.41. The molecule has 1 aliphatic heterocycles. The molecule has 5 heteroatoms. The van der Waals surface area contributed by atoms with E-state index < -0.39 is 6.10 Å². The van der Waals surface area contributed by atoms with Gasteiger partial charge < -0.3 is 0 Å². The van der Waals surface area contributed by atoms with Crippen LogP contribution in [0.4, 0.5) is 0 Å². The van der Waals surface area contributed by atoms with E-state index >= 15 is 0 Å². The molecule has 0 radical (unpaired) electrons. The summed E-state index contributed by atoms with van der Waals surface area (Å²) in [5.41, 5.74) is 0. The lowest BCUT2D eigenvalue weighted by Crippen LogP contribution is -2.32. The number of hydrogen-bond donors (Lipinski definition) is 0. The highest BCUT2D eigenvalue weighted by Gasteiger charge is 2.31. The van der Waals surface area contributed by atoms with E-state index in [4.69, 9.17) is 10.1 Å². The van der Waals surface area contributed by atoms with Crippen molar-refractivity contribution in [2.75, 3.05) is 0 Å². The predicted octanol–water partition coefficient (Wildman–Crippen LogP) is 0.535. The van der Waals surface area contributed by atoms with Crippen molar-refractivity contribution < 1.29 is 14.4 Å². The fourth-order valence-corrected chi connectivity index (χ4v) is 1.05. The van der Waals surface area contributed by atoms with Gasteiger partial charge in [-0.05, 0) is 13.0 Å². The quantitative estimate of drug-likeness (QED) is 0.485. The number of amides is 2. The maximum atomic E-state index is 11.1. The van der Waals surface area contributed by atoms with Gasteiger partial charge in [-0.25, -0.2) is 0 Å². The third-order valence-electron chi connectivity index (χ3n) is 1.72. The zero-order chi connectivity index (χ0) is 10.6. The molecule has 1 fully saturated rings. The second-order valence-corrected chi connectivity index (χ2v) is 2.88. The standard InChI is InChI=1S/C9H10N2O3/c1-7(3-2-6-10)14-11-8(12)4-5-9(11)13/h2-3,7H,4-5H2,1H3/b3-2+/t7-/m1/s1. The Balaban J connectivity index is 2.51. The van der Waals surface area contributed by atoms with E-state index in [9.17, 15) is 9.59 Å². The summed E-state index contributed by atoms with van der Waals surface area (Å²) in [6.07, 6.45) is 2.66. The Hall–Kier alpha value is -1.67. The van der Waals surface area contributed by atoms with Crippen LogP contribution in [0.25, 0.3) is 0 Å². The molecule has 5 nitrogen and oxygen atoms in total. The second-order valence-electron chi connectivity index (χ2n) is 2.88. The van der Waals surface area contributed by atoms with Crippen molar-refractivity contribution in [1.82, 2.24) is 5.06 Å². The molecule has 2 amide bonds. The molecular formula is C9H10N2O3. The minimum absolute atomic E-state index is 0.202. The van der Waals surface area contributed by atoms with Crippen LogP contribution in [0.3, 0.4) is 0 Å². The van der Waals surface area contributed by atoms with Crippen LogP contribution in [0, 0.1) is 11.3 Å². The Bertz CT molecular complexity index is 301. The number of rotatable bonds is 3. The van der Waals surface area contributed by atoms with E-state index in [1.54, 1.807) is 13.0 Å². The topological polar surface area (TPSA) is 70.4 Å².